The predicted molar refractivity (Wildman–Crippen MR) is 103 cm³/mol. The highest BCUT2D eigenvalue weighted by molar-refractivity contribution is 6.05. The van der Waals surface area contributed by atoms with Crippen molar-refractivity contribution in [2.45, 2.75) is 32.7 Å². The van der Waals surface area contributed by atoms with Crippen LogP contribution in [0, 0.1) is 6.92 Å². The molecule has 2 amide bonds. The topological polar surface area (TPSA) is 75.4 Å². The number of carbonyl (C=O) groups excluding carboxylic acids is 2. The maximum absolute atomic E-state index is 12.5. The number of hydrogen-bond donors (Lipinski definition) is 2. The quantitative estimate of drug-likeness (QED) is 0.867. The van der Waals surface area contributed by atoms with Crippen LogP contribution >= 0.6 is 0 Å². The Morgan fingerprint density at radius 2 is 1.73 bits per heavy atom. The lowest BCUT2D eigenvalue weighted by Gasteiger charge is -2.26. The first-order valence-electron chi connectivity index (χ1n) is 9.06. The Kier molecular flexibility index (Phi) is 5.68. The van der Waals surface area contributed by atoms with Crippen LogP contribution in [0.15, 0.2) is 42.5 Å². The molecule has 3 N–H and O–H groups in total. The van der Waals surface area contributed by atoms with Gasteiger partial charge in [-0.15, -0.1) is 0 Å². The van der Waals surface area contributed by atoms with Crippen LogP contribution in [0.3, 0.4) is 0 Å². The molecule has 3 rings (SSSR count). The summed E-state index contributed by atoms with van der Waals surface area (Å²) >= 11 is 0. The number of amides is 2. The van der Waals surface area contributed by atoms with Crippen molar-refractivity contribution >= 4 is 17.5 Å². The van der Waals surface area contributed by atoms with E-state index in [0.29, 0.717) is 22.4 Å². The molecule has 136 valence electrons. The molecule has 1 aliphatic heterocycles. The Morgan fingerprint density at radius 3 is 2.38 bits per heavy atom. The summed E-state index contributed by atoms with van der Waals surface area (Å²) in [5.41, 5.74) is 8.87. The summed E-state index contributed by atoms with van der Waals surface area (Å²) < 4.78 is 0. The Morgan fingerprint density at radius 1 is 1.04 bits per heavy atom. The van der Waals surface area contributed by atoms with E-state index < -0.39 is 5.91 Å². The summed E-state index contributed by atoms with van der Waals surface area (Å²) in [6.45, 7) is 5.01. The normalized spacial score (nSPS) is 14.8. The lowest BCUT2D eigenvalue weighted by molar-refractivity contribution is 0.0995. The van der Waals surface area contributed by atoms with Gasteiger partial charge in [-0.05, 0) is 68.2 Å². The second kappa shape index (κ2) is 8.15. The molecule has 5 nitrogen and oxygen atoms in total. The summed E-state index contributed by atoms with van der Waals surface area (Å²) in [6, 6.07) is 12.9. The van der Waals surface area contributed by atoms with Crippen molar-refractivity contribution in [3.63, 3.8) is 0 Å². The number of rotatable bonds is 5. The van der Waals surface area contributed by atoms with Gasteiger partial charge in [-0.1, -0.05) is 24.6 Å². The molecule has 2 aromatic rings. The van der Waals surface area contributed by atoms with Crippen LogP contribution in [0.2, 0.25) is 0 Å². The van der Waals surface area contributed by atoms with Crippen LogP contribution in [0.1, 0.15) is 51.1 Å². The minimum absolute atomic E-state index is 0.195. The maximum atomic E-state index is 12.5. The van der Waals surface area contributed by atoms with Gasteiger partial charge in [0.05, 0.1) is 0 Å². The monoisotopic (exact) mass is 351 g/mol. The van der Waals surface area contributed by atoms with E-state index in [-0.39, 0.29) is 5.91 Å². The molecule has 1 saturated heterocycles. The van der Waals surface area contributed by atoms with Gasteiger partial charge in [0.1, 0.15) is 0 Å². The van der Waals surface area contributed by atoms with E-state index in [9.17, 15) is 9.59 Å². The van der Waals surface area contributed by atoms with Gasteiger partial charge in [0, 0.05) is 23.4 Å². The molecular weight excluding hydrogens is 326 g/mol. The number of likely N-dealkylation sites (tertiary alicyclic amines) is 1. The van der Waals surface area contributed by atoms with Crippen molar-refractivity contribution in [2.75, 3.05) is 18.4 Å². The second-order valence-electron chi connectivity index (χ2n) is 6.83. The minimum atomic E-state index is -0.499. The first-order chi connectivity index (χ1) is 12.5. The highest BCUT2D eigenvalue weighted by Gasteiger charge is 2.13. The Balaban J connectivity index is 1.67. The summed E-state index contributed by atoms with van der Waals surface area (Å²) in [5, 5.41) is 2.87. The van der Waals surface area contributed by atoms with Gasteiger partial charge < -0.3 is 11.1 Å². The van der Waals surface area contributed by atoms with Crippen LogP contribution in [-0.4, -0.2) is 29.8 Å². The molecule has 1 heterocycles. The number of primary amides is 1. The molecule has 5 heteroatoms. The fourth-order valence-electron chi connectivity index (χ4n) is 3.37. The zero-order valence-electron chi connectivity index (χ0n) is 15.1. The van der Waals surface area contributed by atoms with Crippen LogP contribution in [-0.2, 0) is 6.54 Å². The summed E-state index contributed by atoms with van der Waals surface area (Å²) in [6.07, 6.45) is 3.86. The third-order valence-electron chi connectivity index (χ3n) is 4.92. The van der Waals surface area contributed by atoms with Gasteiger partial charge in [0.2, 0.25) is 5.91 Å². The number of carbonyl (C=O) groups is 2. The standard InChI is InChI=1S/C21H25N3O2/c1-15-18(20(22)25)6-5-7-19(15)23-21(26)17-10-8-16(9-11-17)14-24-12-3-2-4-13-24/h5-11H,2-4,12-14H2,1H3,(H2,22,25)(H,23,26). The van der Waals surface area contributed by atoms with Crippen LogP contribution in [0.4, 0.5) is 5.69 Å². The van der Waals surface area contributed by atoms with Gasteiger partial charge >= 0.3 is 0 Å². The van der Waals surface area contributed by atoms with Crippen LogP contribution < -0.4 is 11.1 Å². The van der Waals surface area contributed by atoms with E-state index in [0.717, 1.165) is 19.6 Å². The smallest absolute Gasteiger partial charge is 0.255 e. The SMILES string of the molecule is Cc1c(NC(=O)c2ccc(CN3CCCCC3)cc2)cccc1C(N)=O. The number of nitrogens with zero attached hydrogens (tertiary/aromatic N) is 1. The molecule has 26 heavy (non-hydrogen) atoms. The highest BCUT2D eigenvalue weighted by atomic mass is 16.2. The largest absolute Gasteiger partial charge is 0.366 e. The van der Waals surface area contributed by atoms with Gasteiger partial charge in [-0.3, -0.25) is 14.5 Å². The minimum Gasteiger partial charge on any atom is -0.366 e. The summed E-state index contributed by atoms with van der Waals surface area (Å²) in [5.74, 6) is -0.695. The van der Waals surface area contributed by atoms with Crippen LogP contribution in [0.5, 0.6) is 0 Å². The third kappa shape index (κ3) is 4.29. The van der Waals surface area contributed by atoms with Gasteiger partial charge in [-0.25, -0.2) is 0 Å². The number of benzene rings is 2. The second-order valence-corrected chi connectivity index (χ2v) is 6.83. The Bertz CT molecular complexity index is 793. The predicted octanol–water partition coefficient (Wildman–Crippen LogP) is 3.33. The number of anilines is 1. The fourth-order valence-corrected chi connectivity index (χ4v) is 3.37. The molecule has 1 fully saturated rings. The van der Waals surface area contributed by atoms with Crippen LogP contribution in [0.25, 0.3) is 0 Å². The van der Waals surface area contributed by atoms with E-state index in [2.05, 4.69) is 10.2 Å². The number of hydrogen-bond acceptors (Lipinski definition) is 3. The molecule has 0 unspecified atom stereocenters. The molecule has 1 aliphatic rings. The lowest BCUT2D eigenvalue weighted by atomic mass is 10.1. The van der Waals surface area contributed by atoms with Crippen molar-refractivity contribution in [3.05, 3.63) is 64.7 Å². The number of nitrogens with one attached hydrogen (secondary N) is 1. The van der Waals surface area contributed by atoms with Gasteiger partial charge in [-0.2, -0.15) is 0 Å². The summed E-state index contributed by atoms with van der Waals surface area (Å²) in [7, 11) is 0. The molecule has 0 saturated carbocycles. The zero-order valence-corrected chi connectivity index (χ0v) is 15.1. The molecule has 0 aromatic heterocycles. The molecule has 2 aromatic carbocycles. The van der Waals surface area contributed by atoms with E-state index in [1.807, 2.05) is 24.3 Å². The average molecular weight is 351 g/mol. The Hall–Kier alpha value is -2.66. The molecule has 0 atom stereocenters. The van der Waals surface area contributed by atoms with Crippen molar-refractivity contribution in [1.29, 1.82) is 0 Å². The van der Waals surface area contributed by atoms with Crippen molar-refractivity contribution in [2.24, 2.45) is 5.73 Å². The first-order valence-corrected chi connectivity index (χ1v) is 9.06. The molecule has 0 bridgehead atoms. The molecule has 0 spiro atoms. The highest BCUT2D eigenvalue weighted by Crippen LogP contribution is 2.20. The first kappa shape index (κ1) is 18.1. The number of piperidine rings is 1. The van der Waals surface area contributed by atoms with E-state index in [1.54, 1.807) is 25.1 Å². The van der Waals surface area contributed by atoms with Gasteiger partial charge in [0.25, 0.3) is 5.91 Å². The third-order valence-corrected chi connectivity index (χ3v) is 4.92. The van der Waals surface area contributed by atoms with Crippen molar-refractivity contribution < 1.29 is 9.59 Å². The molecular formula is C21H25N3O2. The van der Waals surface area contributed by atoms with E-state index in [1.165, 1.54) is 24.8 Å². The summed E-state index contributed by atoms with van der Waals surface area (Å²) in [4.78, 5) is 26.4. The Labute approximate surface area is 154 Å². The fraction of sp³-hybridized carbons (Fsp3) is 0.333. The molecule has 0 radical (unpaired) electrons. The zero-order chi connectivity index (χ0) is 18.5. The molecule has 0 aliphatic carbocycles. The lowest BCUT2D eigenvalue weighted by Crippen LogP contribution is -2.29. The average Bonchev–Trinajstić information content (AvgIpc) is 2.64. The van der Waals surface area contributed by atoms with Crippen molar-refractivity contribution in [1.82, 2.24) is 4.90 Å². The number of nitrogens with two attached hydrogens (primary N) is 1. The van der Waals surface area contributed by atoms with E-state index in [4.69, 9.17) is 5.73 Å². The van der Waals surface area contributed by atoms with E-state index >= 15 is 0 Å². The van der Waals surface area contributed by atoms with Gasteiger partial charge in [0.15, 0.2) is 0 Å². The van der Waals surface area contributed by atoms with Crippen molar-refractivity contribution in [3.8, 4) is 0 Å². The maximum Gasteiger partial charge on any atom is 0.255 e.